The number of piperidine rings is 1. The number of hydrogen-bond acceptors (Lipinski definition) is 4. The molecule has 0 unspecified atom stereocenters. The standard InChI is InChI=1S/C22H27NO4S/c1-27-21-9-7-20(8-10-21)17-22(18-24)12-14-23(15-13-22)28(25,26)16-11-19-5-3-2-4-6-19/h2-11,16,24H,12-15,17-18H2,1H3. The van der Waals surface area contributed by atoms with Crippen LogP contribution in [0.4, 0.5) is 0 Å². The van der Waals surface area contributed by atoms with Gasteiger partial charge in [-0.25, -0.2) is 8.42 Å². The molecule has 1 saturated heterocycles. The van der Waals surface area contributed by atoms with Crippen molar-refractivity contribution in [1.29, 1.82) is 0 Å². The van der Waals surface area contributed by atoms with Crippen molar-refractivity contribution < 1.29 is 18.3 Å². The van der Waals surface area contributed by atoms with Crippen molar-refractivity contribution in [2.75, 3.05) is 26.8 Å². The lowest BCUT2D eigenvalue weighted by molar-refractivity contribution is 0.0688. The number of methoxy groups -OCH3 is 1. The molecule has 2 aromatic rings. The number of hydrogen-bond donors (Lipinski definition) is 1. The number of nitrogens with zero attached hydrogens (tertiary/aromatic N) is 1. The van der Waals surface area contributed by atoms with Crippen LogP contribution in [0.25, 0.3) is 6.08 Å². The van der Waals surface area contributed by atoms with Crippen LogP contribution >= 0.6 is 0 Å². The van der Waals surface area contributed by atoms with Crippen molar-refractivity contribution in [2.45, 2.75) is 19.3 Å². The van der Waals surface area contributed by atoms with Crippen LogP contribution in [0, 0.1) is 5.41 Å². The monoisotopic (exact) mass is 401 g/mol. The van der Waals surface area contributed by atoms with E-state index >= 15 is 0 Å². The van der Waals surface area contributed by atoms with Crippen molar-refractivity contribution in [3.05, 3.63) is 71.1 Å². The maximum Gasteiger partial charge on any atom is 0.236 e. The summed E-state index contributed by atoms with van der Waals surface area (Å²) < 4.78 is 32.0. The largest absolute Gasteiger partial charge is 0.497 e. The second-order valence-corrected chi connectivity index (χ2v) is 9.16. The van der Waals surface area contributed by atoms with E-state index in [1.54, 1.807) is 13.2 Å². The molecule has 1 aliphatic heterocycles. The molecule has 0 bridgehead atoms. The van der Waals surface area contributed by atoms with E-state index in [0.717, 1.165) is 23.3 Å². The van der Waals surface area contributed by atoms with E-state index in [-0.39, 0.29) is 12.0 Å². The Kier molecular flexibility index (Phi) is 6.54. The van der Waals surface area contributed by atoms with Crippen LogP contribution in [0.5, 0.6) is 5.75 Å². The number of aliphatic hydroxyl groups excluding tert-OH is 1. The Morgan fingerprint density at radius 1 is 1.07 bits per heavy atom. The molecule has 0 radical (unpaired) electrons. The van der Waals surface area contributed by atoms with Gasteiger partial charge in [0.2, 0.25) is 10.0 Å². The fourth-order valence-electron chi connectivity index (χ4n) is 3.60. The second kappa shape index (κ2) is 8.90. The molecule has 2 aromatic carbocycles. The molecule has 150 valence electrons. The molecule has 0 spiro atoms. The number of aliphatic hydroxyl groups is 1. The van der Waals surface area contributed by atoms with Gasteiger partial charge in [0, 0.05) is 25.1 Å². The first-order valence-electron chi connectivity index (χ1n) is 9.43. The zero-order chi connectivity index (χ0) is 20.0. The molecule has 1 N–H and O–H groups in total. The van der Waals surface area contributed by atoms with Crippen LogP contribution in [0.1, 0.15) is 24.0 Å². The average Bonchev–Trinajstić information content (AvgIpc) is 2.74. The van der Waals surface area contributed by atoms with Crippen LogP contribution in [-0.4, -0.2) is 44.6 Å². The Bertz CT molecular complexity index is 884. The third-order valence-electron chi connectivity index (χ3n) is 5.45. The lowest BCUT2D eigenvalue weighted by Crippen LogP contribution is -2.45. The number of rotatable bonds is 7. The molecule has 0 atom stereocenters. The van der Waals surface area contributed by atoms with E-state index in [9.17, 15) is 13.5 Å². The summed E-state index contributed by atoms with van der Waals surface area (Å²) in [4.78, 5) is 0. The summed E-state index contributed by atoms with van der Waals surface area (Å²) in [6, 6.07) is 17.2. The smallest absolute Gasteiger partial charge is 0.236 e. The van der Waals surface area contributed by atoms with Crippen molar-refractivity contribution in [3.8, 4) is 5.75 Å². The zero-order valence-corrected chi connectivity index (χ0v) is 16.9. The summed E-state index contributed by atoms with van der Waals surface area (Å²) in [5.74, 6) is 0.799. The minimum absolute atomic E-state index is 0.0484. The average molecular weight is 402 g/mol. The van der Waals surface area contributed by atoms with Gasteiger partial charge in [-0.15, -0.1) is 0 Å². The highest BCUT2D eigenvalue weighted by molar-refractivity contribution is 7.92. The molecule has 0 aliphatic carbocycles. The minimum Gasteiger partial charge on any atom is -0.497 e. The van der Waals surface area contributed by atoms with Gasteiger partial charge in [0.1, 0.15) is 5.75 Å². The summed E-state index contributed by atoms with van der Waals surface area (Å²) in [5, 5.41) is 11.3. The van der Waals surface area contributed by atoms with E-state index in [4.69, 9.17) is 4.74 Å². The van der Waals surface area contributed by atoms with Crippen LogP contribution in [-0.2, 0) is 16.4 Å². The number of sulfonamides is 1. The quantitative estimate of drug-likeness (QED) is 0.773. The predicted molar refractivity (Wildman–Crippen MR) is 111 cm³/mol. The lowest BCUT2D eigenvalue weighted by atomic mass is 9.75. The summed E-state index contributed by atoms with van der Waals surface area (Å²) in [6.45, 7) is 0.878. The first-order chi connectivity index (χ1) is 13.5. The second-order valence-electron chi connectivity index (χ2n) is 7.34. The van der Waals surface area contributed by atoms with Crippen LogP contribution < -0.4 is 4.74 Å². The van der Waals surface area contributed by atoms with Gasteiger partial charge in [-0.3, -0.25) is 0 Å². The summed E-state index contributed by atoms with van der Waals surface area (Å²) >= 11 is 0. The fourth-order valence-corrected chi connectivity index (χ4v) is 4.79. The first-order valence-corrected chi connectivity index (χ1v) is 10.9. The van der Waals surface area contributed by atoms with Crippen LogP contribution in [0.2, 0.25) is 0 Å². The number of benzene rings is 2. The fraction of sp³-hybridized carbons (Fsp3) is 0.364. The first kappa shape index (κ1) is 20.6. The Morgan fingerprint density at radius 3 is 2.29 bits per heavy atom. The van der Waals surface area contributed by atoms with E-state index in [1.165, 1.54) is 9.71 Å². The summed E-state index contributed by atoms with van der Waals surface area (Å²) in [6.07, 6.45) is 3.61. The van der Waals surface area contributed by atoms with Crippen LogP contribution in [0.3, 0.4) is 0 Å². The molecule has 1 heterocycles. The highest BCUT2D eigenvalue weighted by atomic mass is 32.2. The molecular weight excluding hydrogens is 374 g/mol. The van der Waals surface area contributed by atoms with E-state index in [0.29, 0.717) is 25.9 Å². The van der Waals surface area contributed by atoms with E-state index in [2.05, 4.69) is 0 Å². The van der Waals surface area contributed by atoms with Crippen molar-refractivity contribution in [1.82, 2.24) is 4.31 Å². The third-order valence-corrected chi connectivity index (χ3v) is 7.01. The molecule has 0 aromatic heterocycles. The minimum atomic E-state index is -3.47. The molecule has 6 heteroatoms. The maximum absolute atomic E-state index is 12.6. The molecule has 3 rings (SSSR count). The molecule has 0 amide bonds. The molecule has 1 fully saturated rings. The topological polar surface area (TPSA) is 66.8 Å². The summed E-state index contributed by atoms with van der Waals surface area (Å²) in [7, 11) is -1.84. The normalized spacial score (nSPS) is 17.6. The molecule has 5 nitrogen and oxygen atoms in total. The Hall–Kier alpha value is -2.15. The highest BCUT2D eigenvalue weighted by Crippen LogP contribution is 2.36. The van der Waals surface area contributed by atoms with Crippen molar-refractivity contribution in [2.24, 2.45) is 5.41 Å². The molecule has 1 aliphatic rings. The van der Waals surface area contributed by atoms with E-state index in [1.807, 2.05) is 54.6 Å². The van der Waals surface area contributed by atoms with Gasteiger partial charge in [0.05, 0.1) is 7.11 Å². The van der Waals surface area contributed by atoms with Gasteiger partial charge >= 0.3 is 0 Å². The highest BCUT2D eigenvalue weighted by Gasteiger charge is 2.37. The molecule has 0 saturated carbocycles. The Balaban J connectivity index is 1.64. The predicted octanol–water partition coefficient (Wildman–Crippen LogP) is 3.31. The van der Waals surface area contributed by atoms with Gasteiger partial charge in [-0.05, 0) is 54.0 Å². The molecular formula is C22H27NO4S. The SMILES string of the molecule is COc1ccc(CC2(CO)CCN(S(=O)(=O)C=Cc3ccccc3)CC2)cc1. The van der Waals surface area contributed by atoms with Gasteiger partial charge < -0.3 is 9.84 Å². The van der Waals surface area contributed by atoms with Gasteiger partial charge in [-0.1, -0.05) is 42.5 Å². The molecule has 28 heavy (non-hydrogen) atoms. The third kappa shape index (κ3) is 5.01. The number of ether oxygens (including phenoxy) is 1. The van der Waals surface area contributed by atoms with Crippen molar-refractivity contribution in [3.63, 3.8) is 0 Å². The van der Waals surface area contributed by atoms with Gasteiger partial charge in [-0.2, -0.15) is 4.31 Å². The lowest BCUT2D eigenvalue weighted by Gasteiger charge is -2.40. The van der Waals surface area contributed by atoms with Gasteiger partial charge in [0.15, 0.2) is 0 Å². The Morgan fingerprint density at radius 2 is 1.71 bits per heavy atom. The van der Waals surface area contributed by atoms with Crippen molar-refractivity contribution >= 4 is 16.1 Å². The Labute approximate surface area is 167 Å². The van der Waals surface area contributed by atoms with Crippen LogP contribution in [0.15, 0.2) is 60.0 Å². The van der Waals surface area contributed by atoms with Gasteiger partial charge in [0.25, 0.3) is 0 Å². The zero-order valence-electron chi connectivity index (χ0n) is 16.1. The summed E-state index contributed by atoms with van der Waals surface area (Å²) in [5.41, 5.74) is 1.69. The van der Waals surface area contributed by atoms with E-state index < -0.39 is 10.0 Å². The maximum atomic E-state index is 12.6.